The number of hydrogen-bond acceptors (Lipinski definition) is 6. The Morgan fingerprint density at radius 2 is 2.09 bits per heavy atom. The van der Waals surface area contributed by atoms with E-state index in [0.717, 1.165) is 41.5 Å². The number of hydrogen-bond donors (Lipinski definition) is 1. The highest BCUT2D eigenvalue weighted by atomic mass is 32.2. The summed E-state index contributed by atoms with van der Waals surface area (Å²) in [6, 6.07) is 6.47. The summed E-state index contributed by atoms with van der Waals surface area (Å²) in [7, 11) is 0. The Morgan fingerprint density at radius 1 is 1.32 bits per heavy atom. The molecular weight excluding hydrogens is 302 g/mol. The number of nitro benzene ring substituents is 1. The average molecular weight is 317 g/mol. The van der Waals surface area contributed by atoms with E-state index >= 15 is 0 Å². The maximum Gasteiger partial charge on any atom is 0.269 e. The molecule has 1 N–H and O–H groups in total. The molecule has 0 radical (unpaired) electrons. The fraction of sp³-hybridized carbons (Fsp3) is 0.286. The lowest BCUT2D eigenvalue weighted by Gasteiger charge is -2.19. The molecule has 2 aromatic rings. The van der Waals surface area contributed by atoms with E-state index in [1.165, 1.54) is 23.9 Å². The maximum atomic E-state index is 10.7. The Bertz CT molecular complexity index is 723. The first-order valence-electron chi connectivity index (χ1n) is 7.02. The lowest BCUT2D eigenvalue weighted by atomic mass is 10.1. The molecule has 0 fully saturated rings. The summed E-state index contributed by atoms with van der Waals surface area (Å²) in [5.74, 6) is 0.900. The van der Waals surface area contributed by atoms with Crippen molar-refractivity contribution < 1.29 is 4.92 Å². The number of nitro groups is 1. The number of nitrogens with one attached hydrogen (secondary N) is 1. The van der Waals surface area contributed by atoms with Gasteiger partial charge in [0, 0.05) is 29.5 Å². The lowest BCUT2D eigenvalue weighted by Crippen LogP contribution is -2.19. The molecule has 0 amide bonds. The Kier molecular flexibility index (Phi) is 4.10. The summed E-state index contributed by atoms with van der Waals surface area (Å²) in [4.78, 5) is 10.3. The third-order valence-electron chi connectivity index (χ3n) is 3.36. The van der Waals surface area contributed by atoms with Crippen LogP contribution in [0.2, 0.25) is 0 Å². The van der Waals surface area contributed by atoms with Gasteiger partial charge in [-0.25, -0.2) is 4.68 Å². The van der Waals surface area contributed by atoms with Gasteiger partial charge in [0.05, 0.1) is 10.6 Å². The van der Waals surface area contributed by atoms with Crippen molar-refractivity contribution in [3.8, 4) is 0 Å². The van der Waals surface area contributed by atoms with Crippen LogP contribution in [-0.2, 0) is 6.42 Å². The maximum absolute atomic E-state index is 10.7. The summed E-state index contributed by atoms with van der Waals surface area (Å²) in [6.07, 6.45) is 3.02. The van der Waals surface area contributed by atoms with Crippen LogP contribution >= 0.6 is 11.8 Å². The highest BCUT2D eigenvalue weighted by Gasteiger charge is 2.18. The summed E-state index contributed by atoms with van der Waals surface area (Å²) >= 11 is 1.49. The first-order chi connectivity index (χ1) is 10.7. The van der Waals surface area contributed by atoms with E-state index in [1.54, 1.807) is 12.1 Å². The van der Waals surface area contributed by atoms with Crippen LogP contribution in [0.3, 0.4) is 0 Å². The fourth-order valence-corrected chi connectivity index (χ4v) is 2.90. The van der Waals surface area contributed by atoms with E-state index in [9.17, 15) is 10.1 Å². The summed E-state index contributed by atoms with van der Waals surface area (Å²) in [5.41, 5.74) is 5.13. The predicted octanol–water partition coefficient (Wildman–Crippen LogP) is 3.18. The van der Waals surface area contributed by atoms with Gasteiger partial charge in [0.2, 0.25) is 5.16 Å². The number of fused-ring (bicyclic) bond motifs is 1. The number of thioether (sulfide) groups is 1. The Balaban J connectivity index is 1.81. The molecule has 0 unspecified atom stereocenters. The van der Waals surface area contributed by atoms with Gasteiger partial charge < -0.3 is 0 Å². The number of benzene rings is 1. The van der Waals surface area contributed by atoms with Crippen LogP contribution < -0.4 is 5.43 Å². The first-order valence-corrected chi connectivity index (χ1v) is 7.90. The zero-order valence-corrected chi connectivity index (χ0v) is 12.8. The van der Waals surface area contributed by atoms with Crippen molar-refractivity contribution in [2.45, 2.75) is 31.3 Å². The minimum atomic E-state index is -0.401. The largest absolute Gasteiger partial charge is 0.290 e. The van der Waals surface area contributed by atoms with Crippen LogP contribution in [0.5, 0.6) is 0 Å². The second-order valence-electron chi connectivity index (χ2n) is 4.90. The molecule has 0 atom stereocenters. The Morgan fingerprint density at radius 3 is 2.77 bits per heavy atom. The molecule has 3 rings (SSSR count). The van der Waals surface area contributed by atoms with E-state index in [4.69, 9.17) is 0 Å². The molecule has 1 aliphatic heterocycles. The standard InChI is InChI=1S/C14H15N5O2S/c1-2-3-4-13-15-16-14-18(13)17-12(9-22-14)10-5-7-11(8-6-10)19(20)21/h5-9,17H,2-4H2,1H3. The topological polar surface area (TPSA) is 85.9 Å². The second-order valence-corrected chi connectivity index (χ2v) is 5.74. The predicted molar refractivity (Wildman–Crippen MR) is 84.9 cm³/mol. The second kappa shape index (κ2) is 6.18. The molecule has 1 aromatic heterocycles. The molecule has 1 aromatic carbocycles. The number of aromatic nitrogens is 3. The van der Waals surface area contributed by atoms with Crippen LogP contribution in [-0.4, -0.2) is 19.8 Å². The van der Waals surface area contributed by atoms with Gasteiger partial charge in [-0.2, -0.15) is 0 Å². The van der Waals surface area contributed by atoms with Crippen LogP contribution in [0, 0.1) is 10.1 Å². The van der Waals surface area contributed by atoms with Gasteiger partial charge in [-0.05, 0) is 18.6 Å². The van der Waals surface area contributed by atoms with Crippen molar-refractivity contribution in [1.82, 2.24) is 14.9 Å². The van der Waals surface area contributed by atoms with Gasteiger partial charge >= 0.3 is 0 Å². The van der Waals surface area contributed by atoms with Crippen molar-refractivity contribution >= 4 is 23.1 Å². The number of aryl methyl sites for hydroxylation is 1. The molecular formula is C14H15N5O2S. The number of unbranched alkanes of at least 4 members (excludes halogenated alkanes) is 1. The van der Waals surface area contributed by atoms with Gasteiger partial charge in [-0.15, -0.1) is 10.2 Å². The van der Waals surface area contributed by atoms with E-state index in [-0.39, 0.29) is 5.69 Å². The molecule has 2 heterocycles. The monoisotopic (exact) mass is 317 g/mol. The van der Waals surface area contributed by atoms with Crippen molar-refractivity contribution in [1.29, 1.82) is 0 Å². The van der Waals surface area contributed by atoms with Gasteiger partial charge in [0.25, 0.3) is 5.69 Å². The van der Waals surface area contributed by atoms with E-state index < -0.39 is 4.92 Å². The van der Waals surface area contributed by atoms with Gasteiger partial charge in [-0.1, -0.05) is 25.1 Å². The minimum Gasteiger partial charge on any atom is -0.290 e. The molecule has 0 aliphatic carbocycles. The van der Waals surface area contributed by atoms with E-state index in [0.29, 0.717) is 0 Å². The first kappa shape index (κ1) is 14.6. The third-order valence-corrected chi connectivity index (χ3v) is 4.19. The molecule has 0 bridgehead atoms. The van der Waals surface area contributed by atoms with Crippen molar-refractivity contribution in [2.75, 3.05) is 5.43 Å². The highest BCUT2D eigenvalue weighted by Crippen LogP contribution is 2.29. The Hall–Kier alpha value is -2.35. The van der Waals surface area contributed by atoms with Crippen molar-refractivity contribution in [2.24, 2.45) is 0 Å². The summed E-state index contributed by atoms with van der Waals surface area (Å²) < 4.78 is 1.89. The number of non-ortho nitro benzene ring substituents is 1. The third kappa shape index (κ3) is 2.82. The van der Waals surface area contributed by atoms with Crippen LogP contribution in [0.1, 0.15) is 31.2 Å². The molecule has 8 heteroatoms. The van der Waals surface area contributed by atoms with Gasteiger partial charge in [0.15, 0.2) is 5.82 Å². The molecule has 7 nitrogen and oxygen atoms in total. The van der Waals surface area contributed by atoms with Gasteiger partial charge in [-0.3, -0.25) is 15.5 Å². The summed E-state index contributed by atoms with van der Waals surface area (Å²) in [6.45, 7) is 2.14. The zero-order chi connectivity index (χ0) is 15.5. The number of nitrogens with zero attached hydrogens (tertiary/aromatic N) is 4. The molecule has 114 valence electrons. The van der Waals surface area contributed by atoms with Crippen LogP contribution in [0.25, 0.3) is 5.70 Å². The van der Waals surface area contributed by atoms with Crippen LogP contribution in [0.4, 0.5) is 5.69 Å². The average Bonchev–Trinajstić information content (AvgIpc) is 2.95. The fourth-order valence-electron chi connectivity index (χ4n) is 2.14. The Labute approximate surface area is 131 Å². The molecule has 0 saturated carbocycles. The normalized spacial score (nSPS) is 13.2. The van der Waals surface area contributed by atoms with Gasteiger partial charge in [0.1, 0.15) is 0 Å². The quantitative estimate of drug-likeness (QED) is 0.673. The molecule has 0 saturated heterocycles. The van der Waals surface area contributed by atoms with E-state index in [1.807, 2.05) is 10.1 Å². The van der Waals surface area contributed by atoms with Crippen molar-refractivity contribution in [3.63, 3.8) is 0 Å². The van der Waals surface area contributed by atoms with Crippen LogP contribution in [0.15, 0.2) is 34.8 Å². The number of rotatable bonds is 5. The molecule has 22 heavy (non-hydrogen) atoms. The van der Waals surface area contributed by atoms with Crippen molar-refractivity contribution in [3.05, 3.63) is 51.2 Å². The minimum absolute atomic E-state index is 0.0847. The van der Waals surface area contributed by atoms with E-state index in [2.05, 4.69) is 22.5 Å². The highest BCUT2D eigenvalue weighted by molar-refractivity contribution is 8.02. The SMILES string of the molecule is CCCCc1nnc2n1NC(c1ccc([N+](=O)[O-])cc1)=CS2. The lowest BCUT2D eigenvalue weighted by molar-refractivity contribution is -0.384. The summed E-state index contributed by atoms with van der Waals surface area (Å²) in [5, 5.41) is 21.8. The zero-order valence-electron chi connectivity index (χ0n) is 12.0. The molecule has 0 spiro atoms. The smallest absolute Gasteiger partial charge is 0.269 e. The molecule has 1 aliphatic rings.